The van der Waals surface area contributed by atoms with E-state index in [1.807, 2.05) is 79.1 Å². The van der Waals surface area contributed by atoms with Crippen LogP contribution < -0.4 is 19.6 Å². The Morgan fingerprint density at radius 2 is 0.616 bits per heavy atom. The number of hydrogen-bond acceptors (Lipinski definition) is 23. The molecule has 8 aromatic heterocycles. The van der Waals surface area contributed by atoms with Crippen LogP contribution in [0.3, 0.4) is 0 Å². The van der Waals surface area contributed by atoms with Crippen molar-refractivity contribution in [2.45, 2.75) is 155 Å². The molecule has 0 unspecified atom stereocenters. The molecule has 730 valence electrons. The van der Waals surface area contributed by atoms with Crippen molar-refractivity contribution in [1.82, 2.24) is 108 Å². The summed E-state index contributed by atoms with van der Waals surface area (Å²) in [4.78, 5) is 24.7. The van der Waals surface area contributed by atoms with Gasteiger partial charge in [-0.2, -0.15) is 40.8 Å². The molecule has 0 amide bonds. The monoisotopic (exact) mass is 1960 g/mol. The molecule has 9 aliphatic heterocycles. The van der Waals surface area contributed by atoms with Crippen LogP contribution in [-0.2, 0) is 45.8 Å². The number of anilines is 4. The van der Waals surface area contributed by atoms with Crippen molar-refractivity contribution < 1.29 is 32.5 Å². The van der Waals surface area contributed by atoms with E-state index < -0.39 is 11.8 Å². The van der Waals surface area contributed by atoms with Gasteiger partial charge in [0.1, 0.15) is 22.7 Å². The second-order valence-electron chi connectivity index (χ2n) is 45.9. The predicted octanol–water partition coefficient (Wildman–Crippen LogP) is 13.5. The highest BCUT2D eigenvalue weighted by Crippen LogP contribution is 2.75. The number of benzene rings is 4. The second-order valence-corrected chi connectivity index (χ2v) is 47.5. The molecule has 37 heteroatoms. The summed E-state index contributed by atoms with van der Waals surface area (Å²) in [5, 5.41) is 44.8. The summed E-state index contributed by atoms with van der Waals surface area (Å²) in [6.45, 7) is 37.8. The molecule has 4 aromatic carbocycles. The summed E-state index contributed by atoms with van der Waals surface area (Å²) >= 11 is 27.0. The van der Waals surface area contributed by atoms with Crippen LogP contribution in [0.1, 0.15) is 105 Å². The van der Waals surface area contributed by atoms with Crippen molar-refractivity contribution in [3.8, 4) is 22.7 Å². The number of alkyl halides is 2. The number of morpholine rings is 1. The van der Waals surface area contributed by atoms with E-state index in [0.29, 0.717) is 35.6 Å². The van der Waals surface area contributed by atoms with Gasteiger partial charge in [0.05, 0.1) is 250 Å². The Morgan fingerprint density at radius 3 is 0.870 bits per heavy atom. The van der Waals surface area contributed by atoms with Crippen LogP contribution in [0.25, 0.3) is 66.4 Å². The van der Waals surface area contributed by atoms with E-state index in [0.717, 1.165) is 299 Å². The standard InChI is InChI=1S/C28H36ClN7O2.C26H34ClN7O.C24H27ClF2N6O.C23H27ClN6O/c1-26(19-38-20-26)34-4-2-33(3-5-34)25-11-24-21(10-23(25)29)12-31-36(24)22-13-30-35(14-22)28-15-27(16-28,17-28)18-32-6-8-37-9-7-32;1-24(17-35-18-24)32-6-4-31(5-7-32)23-9-22-19(8-21(23)27)10-29-34(22)20-11-28-33(12-20)26-13-25(14-26,15-26)16-30(2)3;1-22(14-34-15-22)31-4-2-30(3-5-31)20-7-19-16(6-18(20)25)8-29-33(19)17-9-28-32(10-17)24-11-23(12-24,13-24)21(26)27;1-22(14-31-15-22)28-4-2-27(3-5-28)21-7-20-17(6-19(21)24)11-26-30(20)18-12-25-29(13-18)23-8-16(9-23)10-23/h10-14H,2-9,15-20H2,1H3;8-12H,4-7,13-18H2,1-3H3;6-10,21H,2-5,11-15H2,1H3;6-7,11-13,16H,2-5,8-10,14-15H2,1H3. The van der Waals surface area contributed by atoms with Crippen molar-refractivity contribution in [2.75, 3.05) is 231 Å². The molecule has 12 aromatic rings. The molecule has 0 atom stereocenters. The van der Waals surface area contributed by atoms with E-state index in [-0.39, 0.29) is 38.8 Å². The number of hydrogen-bond donors (Lipinski definition) is 0. The Balaban J connectivity index is 0.0000000953. The van der Waals surface area contributed by atoms with Crippen LogP contribution in [0.4, 0.5) is 31.5 Å². The lowest BCUT2D eigenvalue weighted by atomic mass is 9.39. The van der Waals surface area contributed by atoms with E-state index in [4.69, 9.17) is 90.5 Å². The molecule has 0 spiro atoms. The summed E-state index contributed by atoms with van der Waals surface area (Å²) in [5.41, 5.74) is 13.8. The third kappa shape index (κ3) is 14.7. The number of ether oxygens (including phenoxy) is 5. The smallest absolute Gasteiger partial charge is 0.244 e. The highest BCUT2D eigenvalue weighted by molar-refractivity contribution is 6.35. The van der Waals surface area contributed by atoms with Crippen LogP contribution in [0.15, 0.2) is 123 Å². The summed E-state index contributed by atoms with van der Waals surface area (Å²) in [6.07, 6.45) is 34.2. The van der Waals surface area contributed by atoms with Crippen molar-refractivity contribution >= 4 is 113 Å². The normalized spacial score (nSPS) is 30.2. The predicted molar refractivity (Wildman–Crippen MR) is 529 cm³/mol. The van der Waals surface area contributed by atoms with Crippen LogP contribution in [-0.4, -0.2) is 347 Å². The Kier molecular flexibility index (Phi) is 21.2. The molecular formula is C101H124Cl4F2N26O5. The average Bonchev–Trinajstić information content (AvgIpc) is 0.914. The van der Waals surface area contributed by atoms with Gasteiger partial charge >= 0.3 is 0 Å². The molecule has 0 N–H and O–H groups in total. The van der Waals surface area contributed by atoms with Gasteiger partial charge < -0.3 is 48.2 Å². The molecule has 21 fully saturated rings. The van der Waals surface area contributed by atoms with E-state index >= 15 is 0 Å². The first kappa shape index (κ1) is 89.5. The van der Waals surface area contributed by atoms with E-state index in [2.05, 4.69) is 186 Å². The fourth-order valence-electron chi connectivity index (χ4n) is 27.5. The molecule has 138 heavy (non-hydrogen) atoms. The largest absolute Gasteiger partial charge is 0.379 e. The maximum absolute atomic E-state index is 13.2. The molecule has 0 radical (unpaired) electrons. The fourth-order valence-corrected chi connectivity index (χ4v) is 28.7. The van der Waals surface area contributed by atoms with Crippen molar-refractivity contribution in [2.24, 2.45) is 22.2 Å². The minimum atomic E-state index is -2.24. The third-order valence-electron chi connectivity index (χ3n) is 35.6. The molecule has 9 saturated heterocycles. The lowest BCUT2D eigenvalue weighted by molar-refractivity contribution is -0.257. The van der Waals surface area contributed by atoms with Crippen molar-refractivity contribution in [3.05, 3.63) is 143 Å². The van der Waals surface area contributed by atoms with Gasteiger partial charge in [0, 0.05) is 158 Å². The highest BCUT2D eigenvalue weighted by atomic mass is 35.5. The molecular weight excluding hydrogens is 1840 g/mol. The van der Waals surface area contributed by atoms with Crippen LogP contribution in [0, 0.1) is 22.2 Å². The summed E-state index contributed by atoms with van der Waals surface area (Å²) in [6, 6.07) is 16.9. The number of aromatic nitrogens is 16. The van der Waals surface area contributed by atoms with Gasteiger partial charge in [-0.15, -0.1) is 0 Å². The first-order chi connectivity index (χ1) is 66.6. The Bertz CT molecular complexity index is 6600. The molecule has 17 heterocycles. The second kappa shape index (κ2) is 32.7. The number of fused-ring (bicyclic) bond motifs is 4. The fraction of sp³-hybridized carbons (Fsp3) is 0.604. The SMILES string of the molecule is CC1(N2CCN(c3cc4c(cnn4-c4cnn(C56CC(C(F)F)(C5)C6)c4)cc3Cl)CC2)COC1.CC1(N2CCN(c3cc4c(cnn4-c4cnn(C56CC(C5)C6)c4)cc3Cl)CC2)COC1.CC1(N2CCN(c3cc4c(cnn4-c4cnn(C56CC(CN7CCOCC7)(C5)C6)c4)cc3Cl)CC2)COC1.CN(C)CC12CC(n3cc(-n4ncc5cc(Cl)c(N6CCN(C7(C)COC7)CC6)cc54)cn3)(C1)C2. The highest BCUT2D eigenvalue weighted by Gasteiger charge is 2.74. The van der Waals surface area contributed by atoms with Gasteiger partial charge in [-0.05, 0) is 184 Å². The minimum absolute atomic E-state index is 0.161. The topological polar surface area (TPSA) is 221 Å². The Morgan fingerprint density at radius 1 is 0.341 bits per heavy atom. The number of halogens is 6. The van der Waals surface area contributed by atoms with E-state index in [9.17, 15) is 8.78 Å². The van der Waals surface area contributed by atoms with E-state index in [1.165, 1.54) is 70.9 Å². The molecule has 12 saturated carbocycles. The lowest BCUT2D eigenvalue weighted by Crippen LogP contribution is -2.71. The summed E-state index contributed by atoms with van der Waals surface area (Å²) in [5.74, 6) is 0.933. The van der Waals surface area contributed by atoms with E-state index in [1.54, 1.807) is 6.20 Å². The van der Waals surface area contributed by atoms with Gasteiger partial charge in [0.15, 0.2) is 0 Å². The third-order valence-corrected chi connectivity index (χ3v) is 36.8. The zero-order valence-corrected chi connectivity index (χ0v) is 82.9. The molecule has 31 nitrogen and oxygen atoms in total. The van der Waals surface area contributed by atoms with Crippen molar-refractivity contribution in [3.63, 3.8) is 0 Å². The number of nitrogens with zero attached hydrogens (tertiary/aromatic N) is 26. The van der Waals surface area contributed by atoms with Crippen LogP contribution in [0.2, 0.25) is 20.1 Å². The molecule has 21 aliphatic rings. The Hall–Kier alpha value is -8.62. The maximum Gasteiger partial charge on any atom is 0.244 e. The van der Waals surface area contributed by atoms with Gasteiger partial charge in [0.2, 0.25) is 6.43 Å². The first-order valence-electron chi connectivity index (χ1n) is 50.0. The van der Waals surface area contributed by atoms with Gasteiger partial charge in [0.25, 0.3) is 0 Å². The van der Waals surface area contributed by atoms with Crippen LogP contribution in [0.5, 0.6) is 0 Å². The summed E-state index contributed by atoms with van der Waals surface area (Å²) in [7, 11) is 4.35. The first-order valence-corrected chi connectivity index (χ1v) is 51.5. The average molecular weight is 1960 g/mol. The quantitative estimate of drug-likeness (QED) is 0.0652. The number of rotatable bonds is 21. The molecule has 12 aliphatic carbocycles. The van der Waals surface area contributed by atoms with Crippen molar-refractivity contribution in [1.29, 1.82) is 0 Å². The zero-order chi connectivity index (χ0) is 93.6. The van der Waals surface area contributed by atoms with Crippen LogP contribution >= 0.6 is 46.4 Å². The van der Waals surface area contributed by atoms with Gasteiger partial charge in [-0.1, -0.05) is 46.4 Å². The number of piperazine rings is 4. The van der Waals surface area contributed by atoms with Gasteiger partial charge in [-0.25, -0.2) is 27.5 Å². The summed E-state index contributed by atoms with van der Waals surface area (Å²) < 4.78 is 70.3. The van der Waals surface area contributed by atoms with Gasteiger partial charge in [-0.3, -0.25) is 43.2 Å². The zero-order valence-electron chi connectivity index (χ0n) is 79.8. The maximum atomic E-state index is 13.2. The minimum Gasteiger partial charge on any atom is -0.379 e. The molecule has 8 bridgehead atoms. The molecule has 33 rings (SSSR count). The lowest BCUT2D eigenvalue weighted by Gasteiger charge is -2.71. The Labute approximate surface area is 821 Å².